The summed E-state index contributed by atoms with van der Waals surface area (Å²) in [5.74, 6) is 0. The van der Waals surface area contributed by atoms with Gasteiger partial charge in [-0.3, -0.25) is 0 Å². The van der Waals surface area contributed by atoms with Gasteiger partial charge >= 0.3 is 0 Å². The van der Waals surface area contributed by atoms with Crippen LogP contribution in [0, 0.1) is 19.3 Å². The molecule has 1 fully saturated rings. The molecule has 3 nitrogen and oxygen atoms in total. The first-order chi connectivity index (χ1) is 8.00. The normalized spacial score (nSPS) is 26.4. The van der Waals surface area contributed by atoms with Crippen LogP contribution >= 0.6 is 11.3 Å². The maximum Gasteiger partial charge on any atom is 0.0900 e. The molecule has 0 amide bonds. The minimum atomic E-state index is 0.415. The van der Waals surface area contributed by atoms with Gasteiger partial charge in [-0.2, -0.15) is 0 Å². The Morgan fingerprint density at radius 3 is 2.82 bits per heavy atom. The predicted molar refractivity (Wildman–Crippen MR) is 73.6 cm³/mol. The molecule has 2 N–H and O–H groups in total. The van der Waals surface area contributed by atoms with E-state index in [-0.39, 0.29) is 0 Å². The lowest BCUT2D eigenvalue weighted by atomic mass is 9.89. The van der Waals surface area contributed by atoms with Gasteiger partial charge in [-0.05, 0) is 39.2 Å². The summed E-state index contributed by atoms with van der Waals surface area (Å²) < 4.78 is 0. The van der Waals surface area contributed by atoms with E-state index >= 15 is 0 Å². The van der Waals surface area contributed by atoms with E-state index in [2.05, 4.69) is 43.3 Å². The molecule has 0 bridgehead atoms. The number of hydrogen-bond acceptors (Lipinski definition) is 4. The molecular formula is C13H23N3S. The Balaban J connectivity index is 1.93. The Hall–Kier alpha value is -0.450. The number of aryl methyl sites for hydroxylation is 2. The number of nitrogens with one attached hydrogen (secondary N) is 2. The zero-order chi connectivity index (χ0) is 12.5. The van der Waals surface area contributed by atoms with Crippen LogP contribution in [-0.2, 0) is 0 Å². The minimum Gasteiger partial charge on any atom is -0.316 e. The summed E-state index contributed by atoms with van der Waals surface area (Å²) in [7, 11) is 0. The van der Waals surface area contributed by atoms with Gasteiger partial charge in [-0.1, -0.05) is 6.92 Å². The van der Waals surface area contributed by atoms with Crippen LogP contribution in [0.25, 0.3) is 0 Å². The maximum atomic E-state index is 4.50. The van der Waals surface area contributed by atoms with Crippen LogP contribution in [0.2, 0.25) is 0 Å². The van der Waals surface area contributed by atoms with Crippen LogP contribution in [0.3, 0.4) is 0 Å². The average molecular weight is 253 g/mol. The molecule has 2 atom stereocenters. The van der Waals surface area contributed by atoms with E-state index in [1.807, 2.05) is 11.3 Å². The molecule has 2 unspecified atom stereocenters. The summed E-state index contributed by atoms with van der Waals surface area (Å²) in [5.41, 5.74) is 1.60. The molecular weight excluding hydrogens is 230 g/mol. The number of rotatable bonds is 4. The van der Waals surface area contributed by atoms with Gasteiger partial charge in [0.2, 0.25) is 0 Å². The summed E-state index contributed by atoms with van der Waals surface area (Å²) in [6.07, 6.45) is 1.27. The van der Waals surface area contributed by atoms with E-state index in [1.54, 1.807) is 0 Å². The van der Waals surface area contributed by atoms with Crippen molar-refractivity contribution in [3.63, 3.8) is 0 Å². The predicted octanol–water partition coefficient (Wildman–Crippen LogP) is 2.41. The van der Waals surface area contributed by atoms with Gasteiger partial charge in [0.15, 0.2) is 0 Å². The van der Waals surface area contributed by atoms with Crippen molar-refractivity contribution in [2.75, 3.05) is 19.6 Å². The molecule has 96 valence electrons. The van der Waals surface area contributed by atoms with Crippen molar-refractivity contribution in [3.8, 4) is 0 Å². The summed E-state index contributed by atoms with van der Waals surface area (Å²) in [5, 5.41) is 8.27. The maximum absolute atomic E-state index is 4.50. The number of hydrogen-bond donors (Lipinski definition) is 2. The van der Waals surface area contributed by atoms with Crippen molar-refractivity contribution in [1.29, 1.82) is 0 Å². The fraction of sp³-hybridized carbons (Fsp3) is 0.769. The SMILES string of the molecule is Cc1nc(C)c(C(C)NCC2(C)CCNC2)s1. The molecule has 1 aromatic rings. The highest BCUT2D eigenvalue weighted by molar-refractivity contribution is 7.11. The molecule has 0 saturated carbocycles. The summed E-state index contributed by atoms with van der Waals surface area (Å²) in [4.78, 5) is 5.88. The Kier molecular flexibility index (Phi) is 3.85. The zero-order valence-corrected chi connectivity index (χ0v) is 12.1. The standard InChI is InChI=1S/C13H23N3S/c1-9(12-10(2)16-11(3)17-12)15-8-13(4)5-6-14-7-13/h9,14-15H,5-8H2,1-4H3. The molecule has 2 heterocycles. The van der Waals surface area contributed by atoms with Gasteiger partial charge in [-0.15, -0.1) is 11.3 Å². The van der Waals surface area contributed by atoms with Crippen LogP contribution in [0.15, 0.2) is 0 Å². The van der Waals surface area contributed by atoms with Gasteiger partial charge in [0, 0.05) is 24.0 Å². The van der Waals surface area contributed by atoms with Gasteiger partial charge in [-0.25, -0.2) is 4.98 Å². The molecule has 1 aliphatic rings. The molecule has 0 radical (unpaired) electrons. The minimum absolute atomic E-state index is 0.415. The first-order valence-electron chi connectivity index (χ1n) is 6.38. The van der Waals surface area contributed by atoms with E-state index in [1.165, 1.54) is 22.0 Å². The topological polar surface area (TPSA) is 37.0 Å². The third kappa shape index (κ3) is 3.06. The van der Waals surface area contributed by atoms with E-state index in [0.29, 0.717) is 11.5 Å². The fourth-order valence-electron chi connectivity index (χ4n) is 2.46. The Morgan fingerprint density at radius 1 is 1.53 bits per heavy atom. The zero-order valence-electron chi connectivity index (χ0n) is 11.3. The number of nitrogens with zero attached hydrogens (tertiary/aromatic N) is 1. The van der Waals surface area contributed by atoms with Crippen molar-refractivity contribution >= 4 is 11.3 Å². The number of thiazole rings is 1. The first kappa shape index (κ1) is 13.0. The molecule has 0 aliphatic carbocycles. The summed E-state index contributed by atoms with van der Waals surface area (Å²) in [6, 6.07) is 0.415. The third-order valence-corrected chi connectivity index (χ3v) is 4.88. The van der Waals surface area contributed by atoms with E-state index < -0.39 is 0 Å². The van der Waals surface area contributed by atoms with E-state index in [4.69, 9.17) is 0 Å². The van der Waals surface area contributed by atoms with E-state index in [0.717, 1.165) is 19.6 Å². The van der Waals surface area contributed by atoms with Crippen molar-refractivity contribution in [2.24, 2.45) is 5.41 Å². The Bertz CT molecular complexity index is 380. The van der Waals surface area contributed by atoms with Crippen molar-refractivity contribution in [2.45, 2.75) is 40.2 Å². The lowest BCUT2D eigenvalue weighted by Gasteiger charge is -2.25. The summed E-state index contributed by atoms with van der Waals surface area (Å²) >= 11 is 1.81. The second kappa shape index (κ2) is 5.04. The fourth-order valence-corrected chi connectivity index (χ4v) is 3.41. The van der Waals surface area contributed by atoms with Crippen LogP contribution in [0.1, 0.15) is 41.9 Å². The molecule has 0 aromatic carbocycles. The second-order valence-electron chi connectivity index (χ2n) is 5.52. The molecule has 1 aromatic heterocycles. The lowest BCUT2D eigenvalue weighted by Crippen LogP contribution is -2.34. The third-order valence-electron chi connectivity index (χ3n) is 3.62. The van der Waals surface area contributed by atoms with Gasteiger partial charge in [0.05, 0.1) is 10.7 Å². The van der Waals surface area contributed by atoms with Crippen molar-refractivity contribution in [1.82, 2.24) is 15.6 Å². The Morgan fingerprint density at radius 2 is 2.29 bits per heavy atom. The molecule has 17 heavy (non-hydrogen) atoms. The lowest BCUT2D eigenvalue weighted by molar-refractivity contribution is 0.325. The quantitative estimate of drug-likeness (QED) is 0.865. The van der Waals surface area contributed by atoms with Crippen LogP contribution < -0.4 is 10.6 Å². The highest BCUT2D eigenvalue weighted by atomic mass is 32.1. The second-order valence-corrected chi connectivity index (χ2v) is 6.76. The van der Waals surface area contributed by atoms with Gasteiger partial charge < -0.3 is 10.6 Å². The van der Waals surface area contributed by atoms with Gasteiger partial charge in [0.1, 0.15) is 0 Å². The molecule has 0 spiro atoms. The van der Waals surface area contributed by atoms with Crippen molar-refractivity contribution in [3.05, 3.63) is 15.6 Å². The van der Waals surface area contributed by atoms with Crippen LogP contribution in [0.4, 0.5) is 0 Å². The first-order valence-corrected chi connectivity index (χ1v) is 7.20. The molecule has 4 heteroatoms. The van der Waals surface area contributed by atoms with Gasteiger partial charge in [0.25, 0.3) is 0 Å². The van der Waals surface area contributed by atoms with Crippen molar-refractivity contribution < 1.29 is 0 Å². The molecule has 1 saturated heterocycles. The van der Waals surface area contributed by atoms with Crippen LogP contribution in [0.5, 0.6) is 0 Å². The molecule has 2 rings (SSSR count). The highest BCUT2D eigenvalue weighted by Crippen LogP contribution is 2.27. The average Bonchev–Trinajstić information content (AvgIpc) is 2.83. The van der Waals surface area contributed by atoms with E-state index in [9.17, 15) is 0 Å². The van der Waals surface area contributed by atoms with Crippen LogP contribution in [-0.4, -0.2) is 24.6 Å². The smallest absolute Gasteiger partial charge is 0.0900 e. The number of aromatic nitrogens is 1. The largest absolute Gasteiger partial charge is 0.316 e. The monoisotopic (exact) mass is 253 g/mol. The highest BCUT2D eigenvalue weighted by Gasteiger charge is 2.28. The Labute approximate surface area is 108 Å². The molecule has 1 aliphatic heterocycles. The summed E-state index contributed by atoms with van der Waals surface area (Å²) in [6.45, 7) is 12.2.